The van der Waals surface area contributed by atoms with Crippen molar-refractivity contribution in [3.8, 4) is 0 Å². The predicted molar refractivity (Wildman–Crippen MR) is 113 cm³/mol. The number of hydrogen-bond acceptors (Lipinski definition) is 5. The Morgan fingerprint density at radius 2 is 2.00 bits per heavy atom. The zero-order valence-corrected chi connectivity index (χ0v) is 18.0. The Kier molecular flexibility index (Phi) is 9.59. The van der Waals surface area contributed by atoms with Gasteiger partial charge in [0.25, 0.3) is 0 Å². The molecule has 27 heavy (non-hydrogen) atoms. The van der Waals surface area contributed by atoms with E-state index < -0.39 is 0 Å². The van der Waals surface area contributed by atoms with Crippen LogP contribution in [0.4, 0.5) is 5.69 Å². The number of nitrogens with zero attached hydrogens (tertiary/aromatic N) is 1. The van der Waals surface area contributed by atoms with Crippen LogP contribution < -0.4 is 5.73 Å². The zero-order valence-electron chi connectivity index (χ0n) is 16.4. The molecule has 0 aromatic heterocycles. The molecular weight excluding hydrogens is 408 g/mol. The fraction of sp³-hybridized carbons (Fsp3) is 0.667. The van der Waals surface area contributed by atoms with E-state index in [-0.39, 0.29) is 12.6 Å². The molecule has 152 valence electrons. The second-order valence-corrected chi connectivity index (χ2v) is 8.17. The fourth-order valence-electron chi connectivity index (χ4n) is 3.75. The van der Waals surface area contributed by atoms with Crippen molar-refractivity contribution in [3.63, 3.8) is 0 Å². The summed E-state index contributed by atoms with van der Waals surface area (Å²) in [7, 11) is 0. The van der Waals surface area contributed by atoms with Crippen molar-refractivity contribution < 1.29 is 14.6 Å². The average Bonchev–Trinajstić information content (AvgIpc) is 2.69. The number of halogens is 1. The van der Waals surface area contributed by atoms with E-state index in [1.807, 2.05) is 12.1 Å². The molecule has 0 saturated heterocycles. The Morgan fingerprint density at radius 1 is 1.26 bits per heavy atom. The molecule has 2 rings (SSSR count). The van der Waals surface area contributed by atoms with Crippen LogP contribution in [-0.2, 0) is 11.3 Å². The maximum absolute atomic E-state index is 12.5. The number of hydrogen-bond donors (Lipinski definition) is 2. The third-order valence-corrected chi connectivity index (χ3v) is 5.98. The summed E-state index contributed by atoms with van der Waals surface area (Å²) in [4.78, 5) is 15.0. The lowest BCUT2D eigenvalue weighted by molar-refractivity contribution is 0.0497. The molecule has 0 radical (unpaired) electrons. The molecule has 0 aliphatic heterocycles. The van der Waals surface area contributed by atoms with Crippen LogP contribution in [0.5, 0.6) is 0 Å². The molecule has 3 N–H and O–H groups in total. The lowest BCUT2D eigenvalue weighted by Gasteiger charge is -2.33. The number of nitrogen functional groups attached to an aromatic ring is 1. The van der Waals surface area contributed by atoms with Gasteiger partial charge < -0.3 is 15.6 Å². The highest BCUT2D eigenvalue weighted by Gasteiger charge is 2.21. The average molecular weight is 441 g/mol. The van der Waals surface area contributed by atoms with Gasteiger partial charge in [-0.25, -0.2) is 4.79 Å². The van der Waals surface area contributed by atoms with Crippen molar-refractivity contribution in [3.05, 3.63) is 27.7 Å². The van der Waals surface area contributed by atoms with E-state index in [1.54, 1.807) is 0 Å². The molecule has 0 bridgehead atoms. The van der Waals surface area contributed by atoms with E-state index in [2.05, 4.69) is 27.8 Å². The van der Waals surface area contributed by atoms with Crippen LogP contribution in [0.1, 0.15) is 74.2 Å². The number of unbranched alkanes of at least 4 members (excludes halogenated alkanes) is 2. The third kappa shape index (κ3) is 6.77. The fourth-order valence-corrected chi connectivity index (χ4v) is 4.25. The number of benzene rings is 1. The monoisotopic (exact) mass is 440 g/mol. The summed E-state index contributed by atoms with van der Waals surface area (Å²) in [5.74, 6) is -0.375. The normalized spacial score (nSPS) is 15.3. The highest BCUT2D eigenvalue weighted by atomic mass is 79.9. The van der Waals surface area contributed by atoms with Crippen LogP contribution in [0.15, 0.2) is 16.6 Å². The first-order valence-corrected chi connectivity index (χ1v) is 11.0. The van der Waals surface area contributed by atoms with Crippen LogP contribution in [0.25, 0.3) is 0 Å². The number of carbonyl (C=O) groups is 1. The molecule has 1 aromatic rings. The number of anilines is 1. The van der Waals surface area contributed by atoms with Crippen molar-refractivity contribution in [1.29, 1.82) is 0 Å². The summed E-state index contributed by atoms with van der Waals surface area (Å²) in [6, 6.07) is 4.52. The lowest BCUT2D eigenvalue weighted by Crippen LogP contribution is -2.36. The zero-order chi connectivity index (χ0) is 19.6. The van der Waals surface area contributed by atoms with Gasteiger partial charge in [-0.1, -0.05) is 26.2 Å². The van der Waals surface area contributed by atoms with Gasteiger partial charge in [-0.2, -0.15) is 0 Å². The van der Waals surface area contributed by atoms with Gasteiger partial charge in [0.2, 0.25) is 0 Å². The molecule has 6 heteroatoms. The molecule has 1 aliphatic rings. The van der Waals surface area contributed by atoms with Crippen LogP contribution in [0.3, 0.4) is 0 Å². The largest absolute Gasteiger partial charge is 0.462 e. The molecule has 0 unspecified atom stereocenters. The summed E-state index contributed by atoms with van der Waals surface area (Å²) in [5, 5.41) is 8.80. The Bertz CT molecular complexity index is 603. The second-order valence-electron chi connectivity index (χ2n) is 7.31. The van der Waals surface area contributed by atoms with Crippen molar-refractivity contribution in [2.45, 2.75) is 70.9 Å². The van der Waals surface area contributed by atoms with Crippen molar-refractivity contribution in [1.82, 2.24) is 4.90 Å². The standard InChI is InChI=1S/C21H33BrN2O3/c1-2-24(17-9-5-3-6-10-17)15-16-13-18(20(23)19(22)14-16)21(26)27-12-8-4-7-11-25/h13-14,17,25H,2-12,15,23H2,1H3. The predicted octanol–water partition coefficient (Wildman–Crippen LogP) is 4.51. The Hall–Kier alpha value is -1.11. The molecule has 1 aliphatic carbocycles. The highest BCUT2D eigenvalue weighted by Crippen LogP contribution is 2.29. The number of aliphatic hydroxyl groups is 1. The Morgan fingerprint density at radius 3 is 2.67 bits per heavy atom. The first kappa shape index (κ1) is 22.2. The van der Waals surface area contributed by atoms with Gasteiger partial charge in [-0.3, -0.25) is 4.90 Å². The summed E-state index contributed by atoms with van der Waals surface area (Å²) in [6.45, 7) is 4.53. The quantitative estimate of drug-likeness (QED) is 0.318. The van der Waals surface area contributed by atoms with E-state index in [1.165, 1.54) is 32.1 Å². The summed E-state index contributed by atoms with van der Waals surface area (Å²) < 4.78 is 6.12. The minimum absolute atomic E-state index is 0.171. The summed E-state index contributed by atoms with van der Waals surface area (Å²) in [6.07, 6.45) is 8.79. The van der Waals surface area contributed by atoms with Crippen molar-refractivity contribution >= 4 is 27.6 Å². The Labute approximate surface area is 171 Å². The first-order valence-electron chi connectivity index (χ1n) is 10.2. The first-order chi connectivity index (χ1) is 13.1. The van der Waals surface area contributed by atoms with Crippen LogP contribution in [-0.4, -0.2) is 41.8 Å². The van der Waals surface area contributed by atoms with Gasteiger partial charge in [0.05, 0.1) is 17.9 Å². The van der Waals surface area contributed by atoms with Crippen LogP contribution in [0.2, 0.25) is 0 Å². The molecule has 1 saturated carbocycles. The maximum atomic E-state index is 12.5. The molecule has 0 atom stereocenters. The third-order valence-electron chi connectivity index (χ3n) is 5.33. The molecule has 0 heterocycles. The summed E-state index contributed by atoms with van der Waals surface area (Å²) >= 11 is 3.50. The van der Waals surface area contributed by atoms with Gasteiger partial charge in [0.1, 0.15) is 0 Å². The molecular formula is C21H33BrN2O3. The minimum atomic E-state index is -0.375. The van der Waals surface area contributed by atoms with E-state index in [4.69, 9.17) is 15.6 Å². The topological polar surface area (TPSA) is 75.8 Å². The SMILES string of the molecule is CCN(Cc1cc(Br)c(N)c(C(=O)OCCCCCO)c1)C1CCCCC1. The Balaban J connectivity index is 2.03. The molecule has 0 spiro atoms. The van der Waals surface area contributed by atoms with E-state index in [0.717, 1.165) is 42.4 Å². The molecule has 0 amide bonds. The molecule has 1 aromatic carbocycles. The maximum Gasteiger partial charge on any atom is 0.340 e. The second kappa shape index (κ2) is 11.7. The van der Waals surface area contributed by atoms with Gasteiger partial charge in [0.15, 0.2) is 0 Å². The van der Waals surface area contributed by atoms with E-state index in [9.17, 15) is 4.79 Å². The summed E-state index contributed by atoms with van der Waals surface area (Å²) in [5.41, 5.74) is 8.06. The smallest absolute Gasteiger partial charge is 0.340 e. The number of esters is 1. The van der Waals surface area contributed by atoms with Gasteiger partial charge in [0, 0.05) is 23.7 Å². The lowest BCUT2D eigenvalue weighted by atomic mass is 9.93. The number of aliphatic hydroxyl groups excluding tert-OH is 1. The van der Waals surface area contributed by atoms with Gasteiger partial charge >= 0.3 is 5.97 Å². The highest BCUT2D eigenvalue weighted by molar-refractivity contribution is 9.10. The number of nitrogens with two attached hydrogens (primary N) is 1. The van der Waals surface area contributed by atoms with Crippen molar-refractivity contribution in [2.24, 2.45) is 0 Å². The minimum Gasteiger partial charge on any atom is -0.462 e. The number of rotatable bonds is 10. The van der Waals surface area contributed by atoms with E-state index >= 15 is 0 Å². The van der Waals surface area contributed by atoms with Crippen molar-refractivity contribution in [2.75, 3.05) is 25.5 Å². The van der Waals surface area contributed by atoms with Crippen LogP contribution >= 0.6 is 15.9 Å². The number of ether oxygens (including phenoxy) is 1. The molecule has 1 fully saturated rings. The van der Waals surface area contributed by atoms with Gasteiger partial charge in [-0.15, -0.1) is 0 Å². The number of carbonyl (C=O) groups excluding carboxylic acids is 1. The molecule has 5 nitrogen and oxygen atoms in total. The van der Waals surface area contributed by atoms with Gasteiger partial charge in [-0.05, 0) is 72.3 Å². The van der Waals surface area contributed by atoms with Crippen LogP contribution in [0, 0.1) is 0 Å². The van der Waals surface area contributed by atoms with E-state index in [0.29, 0.717) is 23.9 Å².